The molecule has 0 N–H and O–H groups in total. The van der Waals surface area contributed by atoms with Crippen molar-refractivity contribution >= 4 is 21.8 Å². The van der Waals surface area contributed by atoms with Crippen LogP contribution in [0.5, 0.6) is 11.5 Å². The van der Waals surface area contributed by atoms with E-state index >= 15 is 0 Å². The van der Waals surface area contributed by atoms with Gasteiger partial charge >= 0.3 is 0 Å². The molecular formula is C37H28F3N3O. The Balaban J connectivity index is 1.31. The van der Waals surface area contributed by atoms with E-state index in [0.29, 0.717) is 46.3 Å². The minimum absolute atomic E-state index is 0.290. The van der Waals surface area contributed by atoms with Crippen LogP contribution < -0.4 is 4.74 Å². The average molecular weight is 588 g/mol. The topological polar surface area (TPSA) is 32.0 Å². The van der Waals surface area contributed by atoms with Crippen LogP contribution in [-0.4, -0.2) is 14.3 Å². The van der Waals surface area contributed by atoms with E-state index < -0.39 is 17.5 Å². The van der Waals surface area contributed by atoms with Crippen LogP contribution in [0.4, 0.5) is 13.2 Å². The fourth-order valence-corrected chi connectivity index (χ4v) is 6.14. The van der Waals surface area contributed by atoms with Crippen molar-refractivity contribution in [1.82, 2.24) is 14.3 Å². The molecule has 4 nitrogen and oxygen atoms in total. The maximum atomic E-state index is 14.7. The first-order valence-corrected chi connectivity index (χ1v) is 14.3. The molecule has 7 heteroatoms. The number of rotatable bonds is 5. The third kappa shape index (κ3) is 4.61. The third-order valence-electron chi connectivity index (χ3n) is 7.97. The number of halogens is 3. The largest absolute Gasteiger partial charge is 0.457 e. The second-order valence-corrected chi connectivity index (χ2v) is 11.2. The van der Waals surface area contributed by atoms with Crippen molar-refractivity contribution in [2.24, 2.45) is 0 Å². The summed E-state index contributed by atoms with van der Waals surface area (Å²) in [5.41, 5.74) is 6.90. The lowest BCUT2D eigenvalue weighted by molar-refractivity contribution is 0.482. The van der Waals surface area contributed by atoms with Crippen molar-refractivity contribution in [2.75, 3.05) is 0 Å². The van der Waals surface area contributed by atoms with Crippen LogP contribution in [0.15, 0.2) is 97.1 Å². The standard InChI is InChI=1S/C37H28F3N3O/c1-21-8-7-9-26(14-21)42-34-11-6-5-10-30(34)31-13-12-28(20-35(31)42)44-29-16-22(2)15-27(19-29)43-24(4)36(23(3)41-43)37-32(39)17-25(38)18-33(37)40/h5-20H,1-4H3. The SMILES string of the molecule is Cc1cc(Oc2ccc3c4ccccc4n(-c4cccc(C)c4)c3c2)cc(-n2nc(C)c(-c3c(F)cc(F)cc3F)c2C)c1. The van der Waals surface area contributed by atoms with E-state index in [2.05, 4.69) is 59.1 Å². The van der Waals surface area contributed by atoms with E-state index in [-0.39, 0.29) is 5.56 Å². The zero-order valence-electron chi connectivity index (χ0n) is 24.6. The Labute approximate surface area is 252 Å². The van der Waals surface area contributed by atoms with Gasteiger partial charge in [-0.25, -0.2) is 17.9 Å². The van der Waals surface area contributed by atoms with E-state index in [9.17, 15) is 13.2 Å². The van der Waals surface area contributed by atoms with Gasteiger partial charge in [0, 0.05) is 52.0 Å². The van der Waals surface area contributed by atoms with Gasteiger partial charge in [-0.15, -0.1) is 0 Å². The Kier molecular flexibility index (Phi) is 6.54. The van der Waals surface area contributed by atoms with Gasteiger partial charge in [0.1, 0.15) is 29.0 Å². The highest BCUT2D eigenvalue weighted by molar-refractivity contribution is 6.09. The van der Waals surface area contributed by atoms with Crippen molar-refractivity contribution in [3.8, 4) is 34.0 Å². The van der Waals surface area contributed by atoms with Gasteiger partial charge in [0.2, 0.25) is 0 Å². The molecule has 5 aromatic carbocycles. The smallest absolute Gasteiger partial charge is 0.137 e. The van der Waals surface area contributed by atoms with Gasteiger partial charge in [0.15, 0.2) is 0 Å². The van der Waals surface area contributed by atoms with E-state index in [1.54, 1.807) is 18.5 Å². The number of hydrogen-bond acceptors (Lipinski definition) is 2. The molecule has 0 unspecified atom stereocenters. The molecule has 0 fully saturated rings. The highest BCUT2D eigenvalue weighted by atomic mass is 19.1. The van der Waals surface area contributed by atoms with Crippen LogP contribution in [-0.2, 0) is 0 Å². The Morgan fingerprint density at radius 2 is 1.32 bits per heavy atom. The van der Waals surface area contributed by atoms with Gasteiger partial charge in [0.05, 0.1) is 28.0 Å². The Bertz CT molecular complexity index is 2220. The van der Waals surface area contributed by atoms with Crippen LogP contribution in [0.3, 0.4) is 0 Å². The Morgan fingerprint density at radius 3 is 2.09 bits per heavy atom. The van der Waals surface area contributed by atoms with Gasteiger partial charge in [-0.2, -0.15) is 5.10 Å². The molecule has 0 radical (unpaired) electrons. The maximum Gasteiger partial charge on any atom is 0.137 e. The first-order chi connectivity index (χ1) is 21.2. The van der Waals surface area contributed by atoms with Crippen molar-refractivity contribution < 1.29 is 17.9 Å². The van der Waals surface area contributed by atoms with Crippen LogP contribution in [0, 0.1) is 45.1 Å². The van der Waals surface area contributed by atoms with Crippen LogP contribution >= 0.6 is 0 Å². The molecule has 0 saturated carbocycles. The highest BCUT2D eigenvalue weighted by Gasteiger charge is 2.22. The lowest BCUT2D eigenvalue weighted by Crippen LogP contribution is -2.01. The first-order valence-electron chi connectivity index (χ1n) is 14.3. The van der Waals surface area contributed by atoms with E-state index in [1.165, 1.54) is 5.56 Å². The molecule has 0 aliphatic heterocycles. The van der Waals surface area contributed by atoms with Crippen molar-refractivity contribution in [3.05, 3.63) is 137 Å². The van der Waals surface area contributed by atoms with Crippen LogP contribution in [0.25, 0.3) is 44.3 Å². The fraction of sp³-hybridized carbons (Fsp3) is 0.108. The minimum atomic E-state index is -0.972. The number of aryl methyl sites for hydroxylation is 3. The summed E-state index contributed by atoms with van der Waals surface area (Å²) in [5, 5.41) is 6.87. The molecule has 0 amide bonds. The summed E-state index contributed by atoms with van der Waals surface area (Å²) in [5.74, 6) is -1.66. The van der Waals surface area contributed by atoms with Gasteiger partial charge in [-0.3, -0.25) is 0 Å². The number of aromatic nitrogens is 3. The molecule has 218 valence electrons. The lowest BCUT2D eigenvalue weighted by Gasteiger charge is -2.13. The fourth-order valence-electron chi connectivity index (χ4n) is 6.14. The number of ether oxygens (including phenoxy) is 1. The quantitative estimate of drug-likeness (QED) is 0.201. The monoisotopic (exact) mass is 587 g/mol. The van der Waals surface area contributed by atoms with Gasteiger partial charge in [0.25, 0.3) is 0 Å². The average Bonchev–Trinajstić information content (AvgIpc) is 3.45. The van der Waals surface area contributed by atoms with Crippen LogP contribution in [0.1, 0.15) is 22.5 Å². The number of para-hydroxylation sites is 1. The van der Waals surface area contributed by atoms with Gasteiger partial charge in [-0.1, -0.05) is 30.3 Å². The van der Waals surface area contributed by atoms with Crippen molar-refractivity contribution in [2.45, 2.75) is 27.7 Å². The second-order valence-electron chi connectivity index (χ2n) is 11.2. The van der Waals surface area contributed by atoms with E-state index in [4.69, 9.17) is 4.74 Å². The zero-order chi connectivity index (χ0) is 30.7. The summed E-state index contributed by atoms with van der Waals surface area (Å²) in [7, 11) is 0. The third-order valence-corrected chi connectivity index (χ3v) is 7.97. The molecule has 7 aromatic rings. The molecule has 2 heterocycles. The normalized spacial score (nSPS) is 11.5. The maximum absolute atomic E-state index is 14.7. The molecule has 0 aliphatic carbocycles. The number of benzene rings is 5. The summed E-state index contributed by atoms with van der Waals surface area (Å²) in [4.78, 5) is 0. The second kappa shape index (κ2) is 10.5. The molecule has 2 aromatic heterocycles. The molecule has 0 saturated heterocycles. The predicted molar refractivity (Wildman–Crippen MR) is 169 cm³/mol. The highest BCUT2D eigenvalue weighted by Crippen LogP contribution is 2.37. The lowest BCUT2D eigenvalue weighted by atomic mass is 10.0. The molecule has 0 bridgehead atoms. The Morgan fingerprint density at radius 1 is 0.591 bits per heavy atom. The predicted octanol–water partition coefficient (Wildman–Crippen LogP) is 10.1. The summed E-state index contributed by atoms with van der Waals surface area (Å²) in [6.45, 7) is 7.44. The van der Waals surface area contributed by atoms with Gasteiger partial charge in [-0.05, 0) is 81.3 Å². The summed E-state index contributed by atoms with van der Waals surface area (Å²) in [6.07, 6.45) is 0. The number of hydrogen-bond donors (Lipinski definition) is 0. The molecule has 0 aliphatic rings. The minimum Gasteiger partial charge on any atom is -0.457 e. The van der Waals surface area contributed by atoms with Gasteiger partial charge < -0.3 is 9.30 Å². The van der Waals surface area contributed by atoms with Crippen molar-refractivity contribution in [3.63, 3.8) is 0 Å². The molecule has 0 spiro atoms. The summed E-state index contributed by atoms with van der Waals surface area (Å²) in [6, 6.07) is 29.9. The summed E-state index contributed by atoms with van der Waals surface area (Å²) < 4.78 is 53.4. The summed E-state index contributed by atoms with van der Waals surface area (Å²) >= 11 is 0. The number of nitrogens with zero attached hydrogens (tertiary/aromatic N) is 3. The van der Waals surface area contributed by atoms with E-state index in [0.717, 1.165) is 33.1 Å². The molecular weight excluding hydrogens is 559 g/mol. The molecule has 0 atom stereocenters. The van der Waals surface area contributed by atoms with Crippen LogP contribution in [0.2, 0.25) is 0 Å². The molecule has 7 rings (SSSR count). The molecule has 44 heavy (non-hydrogen) atoms. The first kappa shape index (κ1) is 27.5. The van der Waals surface area contributed by atoms with Crippen molar-refractivity contribution in [1.29, 1.82) is 0 Å². The van der Waals surface area contributed by atoms with E-state index in [1.807, 2.05) is 49.4 Å². The number of fused-ring (bicyclic) bond motifs is 3. The zero-order valence-corrected chi connectivity index (χ0v) is 24.6. The Hall–Kier alpha value is -5.30.